The van der Waals surface area contributed by atoms with Crippen LogP contribution in [0.5, 0.6) is 11.6 Å². The van der Waals surface area contributed by atoms with Crippen molar-refractivity contribution >= 4 is 0 Å². The largest absolute Gasteiger partial charge is 0.481 e. The van der Waals surface area contributed by atoms with E-state index in [-0.39, 0.29) is 6.61 Å². The Hall–Kier alpha value is -3.07. The van der Waals surface area contributed by atoms with Crippen LogP contribution >= 0.6 is 0 Å². The molecule has 220 valence electrons. The van der Waals surface area contributed by atoms with Gasteiger partial charge in [0.15, 0.2) is 0 Å². The molecule has 0 fully saturated rings. The lowest BCUT2D eigenvalue weighted by Gasteiger charge is -2.17. The van der Waals surface area contributed by atoms with Crippen LogP contribution in [0, 0.1) is 0 Å². The molecule has 0 bridgehead atoms. The van der Waals surface area contributed by atoms with Gasteiger partial charge in [-0.3, -0.25) is 0 Å². The summed E-state index contributed by atoms with van der Waals surface area (Å²) >= 11 is 0. The molecule has 0 saturated carbocycles. The fourth-order valence-electron chi connectivity index (χ4n) is 4.16. The molecule has 1 aromatic heterocycles. The van der Waals surface area contributed by atoms with Crippen LogP contribution in [-0.4, -0.2) is 60.2 Å². The number of unbranched alkanes of at least 4 members (excludes halogenated alkanes) is 3. The van der Waals surface area contributed by atoms with Crippen molar-refractivity contribution in [3.05, 3.63) is 65.2 Å². The van der Waals surface area contributed by atoms with E-state index in [1.54, 1.807) is 0 Å². The number of benzene rings is 2. The van der Waals surface area contributed by atoms with Gasteiger partial charge in [-0.25, -0.2) is 0 Å². The molecule has 0 amide bonds. The van der Waals surface area contributed by atoms with E-state index >= 15 is 0 Å². The number of rotatable bonds is 18. The second-order valence-electron chi connectivity index (χ2n) is 9.14. The van der Waals surface area contributed by atoms with Gasteiger partial charge < -0.3 is 24.1 Å². The fraction of sp³-hybridized carbons (Fsp3) is 0.531. The molecular formula is C32H47N3O5. The predicted molar refractivity (Wildman–Crippen MR) is 159 cm³/mol. The number of aryl methyl sites for hydroxylation is 1. The van der Waals surface area contributed by atoms with Gasteiger partial charge >= 0.3 is 0 Å². The van der Waals surface area contributed by atoms with Gasteiger partial charge in [0.25, 0.3) is 5.88 Å². The van der Waals surface area contributed by atoms with E-state index in [0.29, 0.717) is 50.4 Å². The molecule has 0 saturated heterocycles. The quantitative estimate of drug-likeness (QED) is 0.185. The number of ether oxygens (including phenoxy) is 4. The summed E-state index contributed by atoms with van der Waals surface area (Å²) in [5.74, 6) is 0.985. The van der Waals surface area contributed by atoms with Crippen LogP contribution in [0.25, 0.3) is 11.3 Å². The van der Waals surface area contributed by atoms with Crippen LogP contribution < -0.4 is 9.47 Å². The summed E-state index contributed by atoms with van der Waals surface area (Å²) in [6.45, 7) is 11.9. The summed E-state index contributed by atoms with van der Waals surface area (Å²) in [5, 5.41) is 20.9. The maximum atomic E-state index is 8.26. The zero-order valence-electron chi connectivity index (χ0n) is 24.7. The third kappa shape index (κ3) is 11.6. The predicted octanol–water partition coefficient (Wildman–Crippen LogP) is 6.23. The van der Waals surface area contributed by atoms with Crippen molar-refractivity contribution in [2.24, 2.45) is 0 Å². The molecule has 0 spiro atoms. The monoisotopic (exact) mass is 553 g/mol. The molecule has 3 rings (SSSR count). The van der Waals surface area contributed by atoms with Gasteiger partial charge in [0, 0.05) is 12.2 Å². The minimum atomic E-state index is 0.0894. The van der Waals surface area contributed by atoms with Crippen molar-refractivity contribution in [2.45, 2.75) is 72.8 Å². The Labute approximate surface area is 240 Å². The second kappa shape index (κ2) is 20.8. The summed E-state index contributed by atoms with van der Waals surface area (Å²) in [6, 6.07) is 16.4. The normalized spacial score (nSPS) is 10.6. The van der Waals surface area contributed by atoms with Crippen LogP contribution in [0.3, 0.4) is 0 Å². The molecular weight excluding hydrogens is 506 g/mol. The molecule has 8 heteroatoms. The van der Waals surface area contributed by atoms with Crippen LogP contribution in [0.1, 0.15) is 70.1 Å². The van der Waals surface area contributed by atoms with Crippen LogP contribution in [0.15, 0.2) is 48.5 Å². The fourth-order valence-corrected chi connectivity index (χ4v) is 4.16. The van der Waals surface area contributed by atoms with Gasteiger partial charge in [-0.2, -0.15) is 0 Å². The molecule has 0 unspecified atom stereocenters. The molecule has 1 N–H and O–H groups in total. The second-order valence-corrected chi connectivity index (χ2v) is 9.14. The first-order valence-electron chi connectivity index (χ1n) is 14.6. The molecule has 1 heterocycles. The Kier molecular flexibility index (Phi) is 17.2. The smallest absolute Gasteiger partial charge is 0.280 e. The summed E-state index contributed by atoms with van der Waals surface area (Å²) in [7, 11) is 0. The van der Waals surface area contributed by atoms with Crippen molar-refractivity contribution in [2.75, 3.05) is 39.6 Å². The Morgan fingerprint density at radius 2 is 1.52 bits per heavy atom. The topological polar surface area (TPSA) is 95.8 Å². The first-order valence-corrected chi connectivity index (χ1v) is 14.6. The minimum absolute atomic E-state index is 0.0894. The van der Waals surface area contributed by atoms with E-state index in [0.717, 1.165) is 43.4 Å². The lowest BCUT2D eigenvalue weighted by atomic mass is 9.95. The maximum Gasteiger partial charge on any atom is 0.280 e. The molecule has 0 radical (unpaired) electrons. The third-order valence-electron chi connectivity index (χ3n) is 6.23. The van der Waals surface area contributed by atoms with E-state index in [9.17, 15) is 0 Å². The maximum absolute atomic E-state index is 8.26. The molecule has 0 aliphatic carbocycles. The van der Waals surface area contributed by atoms with Crippen molar-refractivity contribution < 1.29 is 24.1 Å². The SMILES string of the molecule is CCCCCCOc1nnnc(-c2cccc(CC)c2CC)c1OCc1ccccc1.CCOCCOCCO. The van der Waals surface area contributed by atoms with E-state index in [1.807, 2.05) is 37.3 Å². The highest BCUT2D eigenvalue weighted by atomic mass is 16.5. The molecule has 3 aromatic rings. The molecule has 0 aliphatic rings. The van der Waals surface area contributed by atoms with Crippen molar-refractivity contribution in [1.29, 1.82) is 0 Å². The van der Waals surface area contributed by atoms with Crippen LogP contribution in [-0.2, 0) is 28.9 Å². The summed E-state index contributed by atoms with van der Waals surface area (Å²) in [4.78, 5) is 0. The highest BCUT2D eigenvalue weighted by molar-refractivity contribution is 5.72. The number of aliphatic hydroxyl groups is 1. The first-order chi connectivity index (χ1) is 19.7. The molecule has 40 heavy (non-hydrogen) atoms. The van der Waals surface area contributed by atoms with Crippen LogP contribution in [0.2, 0.25) is 0 Å². The number of hydrogen-bond acceptors (Lipinski definition) is 8. The Bertz CT molecular complexity index is 1060. The highest BCUT2D eigenvalue weighted by Crippen LogP contribution is 2.37. The number of nitrogens with zero attached hydrogens (tertiary/aromatic N) is 3. The van der Waals surface area contributed by atoms with E-state index in [1.165, 1.54) is 24.0 Å². The zero-order valence-corrected chi connectivity index (χ0v) is 24.7. The molecule has 0 aliphatic heterocycles. The Morgan fingerprint density at radius 3 is 2.23 bits per heavy atom. The number of aromatic nitrogens is 3. The lowest BCUT2D eigenvalue weighted by molar-refractivity contribution is 0.0370. The molecule has 2 aromatic carbocycles. The zero-order chi connectivity index (χ0) is 28.8. The first kappa shape index (κ1) is 33.1. The van der Waals surface area contributed by atoms with E-state index in [2.05, 4.69) is 54.4 Å². The molecule has 8 nitrogen and oxygen atoms in total. The van der Waals surface area contributed by atoms with Crippen molar-refractivity contribution in [3.8, 4) is 22.9 Å². The highest BCUT2D eigenvalue weighted by Gasteiger charge is 2.20. The van der Waals surface area contributed by atoms with Gasteiger partial charge in [-0.05, 0) is 48.1 Å². The Morgan fingerprint density at radius 1 is 0.725 bits per heavy atom. The van der Waals surface area contributed by atoms with E-state index in [4.69, 9.17) is 24.1 Å². The standard InChI is InChI=1S/C26H33N3O2.C6H14O3/c1-4-7-8-12-18-30-26-25(31-19-20-14-10-9-11-15-20)24(27-29-28-26)23-17-13-16-21(5-2)22(23)6-3;1-2-8-5-6-9-4-3-7/h9-11,13-17H,4-8,12,18-19H2,1-3H3;7H,2-6H2,1H3. The Balaban J connectivity index is 0.000000536. The van der Waals surface area contributed by atoms with Gasteiger partial charge in [-0.1, -0.05) is 93.7 Å². The average molecular weight is 554 g/mol. The summed E-state index contributed by atoms with van der Waals surface area (Å²) in [5.41, 5.74) is 5.40. The van der Waals surface area contributed by atoms with Gasteiger partial charge in [0.2, 0.25) is 5.75 Å². The minimum Gasteiger partial charge on any atom is -0.481 e. The molecule has 0 atom stereocenters. The van der Waals surface area contributed by atoms with Crippen molar-refractivity contribution in [1.82, 2.24) is 15.4 Å². The summed E-state index contributed by atoms with van der Waals surface area (Å²) in [6.07, 6.45) is 6.40. The van der Waals surface area contributed by atoms with Gasteiger partial charge in [-0.15, -0.1) is 5.10 Å². The lowest BCUT2D eigenvalue weighted by Crippen LogP contribution is -2.08. The summed E-state index contributed by atoms with van der Waals surface area (Å²) < 4.78 is 22.2. The number of hydrogen-bond donors (Lipinski definition) is 1. The number of aliphatic hydroxyl groups excluding tert-OH is 1. The van der Waals surface area contributed by atoms with Gasteiger partial charge in [0.1, 0.15) is 12.3 Å². The van der Waals surface area contributed by atoms with Crippen LogP contribution in [0.4, 0.5) is 0 Å². The van der Waals surface area contributed by atoms with Gasteiger partial charge in [0.05, 0.1) is 33.0 Å². The third-order valence-corrected chi connectivity index (χ3v) is 6.23. The van der Waals surface area contributed by atoms with Crippen molar-refractivity contribution in [3.63, 3.8) is 0 Å². The average Bonchev–Trinajstić information content (AvgIpc) is 3.00. The van der Waals surface area contributed by atoms with E-state index < -0.39 is 0 Å².